The predicted molar refractivity (Wildman–Crippen MR) is 74.7 cm³/mol. The Morgan fingerprint density at radius 2 is 2.05 bits per heavy atom. The van der Waals surface area contributed by atoms with E-state index in [0.717, 1.165) is 0 Å². The van der Waals surface area contributed by atoms with E-state index >= 15 is 0 Å². The quantitative estimate of drug-likeness (QED) is 0.902. The molecule has 1 aromatic carbocycles. The number of nitrogens with zero attached hydrogens (tertiary/aromatic N) is 3. The van der Waals surface area contributed by atoms with Gasteiger partial charge in [-0.2, -0.15) is 15.0 Å². The molecule has 0 aliphatic rings. The number of benzene rings is 1. The maximum atomic E-state index is 13.0. The minimum atomic E-state index is -0.431. The molecule has 0 saturated heterocycles. The van der Waals surface area contributed by atoms with Gasteiger partial charge in [0.15, 0.2) is 0 Å². The number of aromatic nitrogens is 3. The smallest absolute Gasteiger partial charge is 0.323 e. The van der Waals surface area contributed by atoms with Crippen LogP contribution in [0.1, 0.15) is 13.8 Å². The summed E-state index contributed by atoms with van der Waals surface area (Å²) in [5.74, 6) is -0.252. The van der Waals surface area contributed by atoms with Gasteiger partial charge in [0.1, 0.15) is 5.82 Å². The molecule has 2 rings (SSSR count). The van der Waals surface area contributed by atoms with Gasteiger partial charge in [0, 0.05) is 0 Å². The van der Waals surface area contributed by atoms with Crippen molar-refractivity contribution < 1.29 is 9.13 Å². The lowest BCUT2D eigenvalue weighted by atomic mass is 10.3. The second-order valence-corrected chi connectivity index (χ2v) is 4.62. The summed E-state index contributed by atoms with van der Waals surface area (Å²) in [6, 6.07) is 4.03. The number of rotatable bonds is 4. The van der Waals surface area contributed by atoms with Crippen molar-refractivity contribution in [2.45, 2.75) is 20.0 Å². The third-order valence-corrected chi connectivity index (χ3v) is 2.46. The summed E-state index contributed by atoms with van der Waals surface area (Å²) in [4.78, 5) is 11.8. The molecule has 0 unspecified atom stereocenters. The molecule has 0 radical (unpaired) electrons. The molecule has 0 bridgehead atoms. The number of nitrogen functional groups attached to an aromatic ring is 1. The number of nitrogens with one attached hydrogen (secondary N) is 1. The Morgan fingerprint density at radius 3 is 2.70 bits per heavy atom. The van der Waals surface area contributed by atoms with Crippen LogP contribution < -0.4 is 15.8 Å². The molecule has 20 heavy (non-hydrogen) atoms. The highest BCUT2D eigenvalue weighted by Crippen LogP contribution is 2.25. The Balaban J connectivity index is 2.26. The van der Waals surface area contributed by atoms with E-state index in [4.69, 9.17) is 22.1 Å². The molecule has 2 aromatic rings. The number of hydrogen-bond acceptors (Lipinski definition) is 6. The van der Waals surface area contributed by atoms with Gasteiger partial charge in [0.2, 0.25) is 11.9 Å². The van der Waals surface area contributed by atoms with Crippen LogP contribution >= 0.6 is 11.6 Å². The molecule has 0 aliphatic carbocycles. The fraction of sp³-hybridized carbons (Fsp3) is 0.250. The zero-order chi connectivity index (χ0) is 14.7. The average molecular weight is 298 g/mol. The van der Waals surface area contributed by atoms with Crippen LogP contribution in [0, 0.1) is 5.82 Å². The Hall–Kier alpha value is -2.15. The number of hydrogen-bond donors (Lipinski definition) is 2. The molecule has 0 amide bonds. The first kappa shape index (κ1) is 14.3. The van der Waals surface area contributed by atoms with Crippen LogP contribution in [0.15, 0.2) is 18.2 Å². The SMILES string of the molecule is CC(C)Oc1nc(N)nc(Nc2ccc(F)cc2Cl)n1. The van der Waals surface area contributed by atoms with Crippen LogP contribution in [0.3, 0.4) is 0 Å². The van der Waals surface area contributed by atoms with Crippen molar-refractivity contribution in [3.05, 3.63) is 29.0 Å². The van der Waals surface area contributed by atoms with E-state index in [1.54, 1.807) is 0 Å². The second kappa shape index (κ2) is 5.87. The maximum absolute atomic E-state index is 13.0. The van der Waals surface area contributed by atoms with E-state index in [-0.39, 0.29) is 29.0 Å². The summed E-state index contributed by atoms with van der Waals surface area (Å²) in [6.45, 7) is 3.67. The topological polar surface area (TPSA) is 86.0 Å². The highest BCUT2D eigenvalue weighted by Gasteiger charge is 2.09. The van der Waals surface area contributed by atoms with Gasteiger partial charge in [-0.3, -0.25) is 0 Å². The molecule has 6 nitrogen and oxygen atoms in total. The summed E-state index contributed by atoms with van der Waals surface area (Å²) < 4.78 is 18.3. The minimum Gasteiger partial charge on any atom is -0.461 e. The van der Waals surface area contributed by atoms with Crippen LogP contribution in [0.5, 0.6) is 6.01 Å². The van der Waals surface area contributed by atoms with Crippen molar-refractivity contribution in [1.29, 1.82) is 0 Å². The predicted octanol–water partition coefficient (Wildman–Crippen LogP) is 2.78. The Bertz CT molecular complexity index is 623. The Kier molecular flexibility index (Phi) is 4.19. The van der Waals surface area contributed by atoms with Crippen LogP contribution in [-0.4, -0.2) is 21.1 Å². The highest BCUT2D eigenvalue weighted by atomic mass is 35.5. The number of ether oxygens (including phenoxy) is 1. The summed E-state index contributed by atoms with van der Waals surface area (Å²) >= 11 is 5.91. The van der Waals surface area contributed by atoms with E-state index in [0.29, 0.717) is 5.69 Å². The molecular formula is C12H13ClFN5O. The van der Waals surface area contributed by atoms with Crippen LogP contribution in [0.2, 0.25) is 5.02 Å². The Labute approximate surface area is 120 Å². The first-order valence-electron chi connectivity index (χ1n) is 5.84. The monoisotopic (exact) mass is 297 g/mol. The van der Waals surface area contributed by atoms with Crippen molar-refractivity contribution in [1.82, 2.24) is 15.0 Å². The van der Waals surface area contributed by atoms with E-state index in [1.807, 2.05) is 13.8 Å². The van der Waals surface area contributed by atoms with Gasteiger partial charge in [-0.1, -0.05) is 11.6 Å². The lowest BCUT2D eigenvalue weighted by Crippen LogP contribution is -2.11. The first-order chi connectivity index (χ1) is 9.44. The van der Waals surface area contributed by atoms with E-state index in [1.165, 1.54) is 18.2 Å². The molecule has 0 saturated carbocycles. The highest BCUT2D eigenvalue weighted by molar-refractivity contribution is 6.33. The first-order valence-corrected chi connectivity index (χ1v) is 6.22. The average Bonchev–Trinajstić information content (AvgIpc) is 2.31. The lowest BCUT2D eigenvalue weighted by molar-refractivity contribution is 0.222. The van der Waals surface area contributed by atoms with E-state index < -0.39 is 5.82 Å². The fourth-order valence-corrected chi connectivity index (χ4v) is 1.62. The van der Waals surface area contributed by atoms with Gasteiger partial charge in [-0.15, -0.1) is 0 Å². The van der Waals surface area contributed by atoms with Gasteiger partial charge >= 0.3 is 6.01 Å². The normalized spacial score (nSPS) is 10.7. The van der Waals surface area contributed by atoms with Crippen LogP contribution in [-0.2, 0) is 0 Å². The van der Waals surface area contributed by atoms with Gasteiger partial charge in [-0.05, 0) is 32.0 Å². The molecule has 1 aromatic heterocycles. The summed E-state index contributed by atoms with van der Waals surface area (Å²) in [5, 5.41) is 3.04. The zero-order valence-electron chi connectivity index (χ0n) is 10.9. The van der Waals surface area contributed by atoms with Crippen molar-refractivity contribution in [3.8, 4) is 6.01 Å². The molecule has 0 fully saturated rings. The summed E-state index contributed by atoms with van der Waals surface area (Å²) in [6.07, 6.45) is -0.0981. The largest absolute Gasteiger partial charge is 0.461 e. The Morgan fingerprint density at radius 1 is 1.30 bits per heavy atom. The van der Waals surface area contributed by atoms with Gasteiger partial charge < -0.3 is 15.8 Å². The van der Waals surface area contributed by atoms with Crippen molar-refractivity contribution in [2.75, 3.05) is 11.1 Å². The molecule has 1 heterocycles. The number of anilines is 3. The molecule has 0 atom stereocenters. The molecule has 0 aliphatic heterocycles. The van der Waals surface area contributed by atoms with Crippen LogP contribution in [0.25, 0.3) is 0 Å². The number of nitrogens with two attached hydrogens (primary N) is 1. The second-order valence-electron chi connectivity index (χ2n) is 4.22. The third-order valence-electron chi connectivity index (χ3n) is 2.15. The molecular weight excluding hydrogens is 285 g/mol. The zero-order valence-corrected chi connectivity index (χ0v) is 11.6. The molecule has 8 heteroatoms. The molecule has 3 N–H and O–H groups in total. The molecule has 106 valence electrons. The standard InChI is InChI=1S/C12H13ClFN5O/c1-6(2)20-12-18-10(15)17-11(19-12)16-9-4-3-7(14)5-8(9)13/h3-6H,1-2H3,(H3,15,16,17,18,19). The van der Waals surface area contributed by atoms with Crippen molar-refractivity contribution in [3.63, 3.8) is 0 Å². The minimum absolute atomic E-state index is 0.0105. The molecule has 0 spiro atoms. The van der Waals surface area contributed by atoms with Crippen molar-refractivity contribution >= 4 is 29.2 Å². The van der Waals surface area contributed by atoms with E-state index in [9.17, 15) is 4.39 Å². The summed E-state index contributed by atoms with van der Waals surface area (Å²) in [7, 11) is 0. The fourth-order valence-electron chi connectivity index (χ4n) is 1.40. The summed E-state index contributed by atoms with van der Waals surface area (Å²) in [5.41, 5.74) is 6.03. The van der Waals surface area contributed by atoms with Gasteiger partial charge in [0.25, 0.3) is 0 Å². The van der Waals surface area contributed by atoms with Crippen molar-refractivity contribution in [2.24, 2.45) is 0 Å². The van der Waals surface area contributed by atoms with Crippen LogP contribution in [0.4, 0.5) is 22.0 Å². The number of halogens is 2. The third kappa shape index (κ3) is 3.67. The van der Waals surface area contributed by atoms with E-state index in [2.05, 4.69) is 20.3 Å². The maximum Gasteiger partial charge on any atom is 0.323 e. The lowest BCUT2D eigenvalue weighted by Gasteiger charge is -2.10. The van der Waals surface area contributed by atoms with Gasteiger partial charge in [-0.25, -0.2) is 4.39 Å². The van der Waals surface area contributed by atoms with Gasteiger partial charge in [0.05, 0.1) is 16.8 Å².